The summed E-state index contributed by atoms with van der Waals surface area (Å²) in [4.78, 5) is 29.8. The lowest BCUT2D eigenvalue weighted by molar-refractivity contribution is -0.387. The molecule has 3 aromatic rings. The number of halogens is 2. The second-order valence-electron chi connectivity index (χ2n) is 6.70. The normalized spacial score (nSPS) is 10.5. The summed E-state index contributed by atoms with van der Waals surface area (Å²) in [6.07, 6.45) is 0. The van der Waals surface area contributed by atoms with Crippen LogP contribution in [0, 0.1) is 31.9 Å². The number of nitrogens with zero attached hydrogens (tertiary/aromatic N) is 2. The largest absolute Gasteiger partial charge is 0.399 e. The second kappa shape index (κ2) is 11.0. The molecule has 0 aliphatic carbocycles. The van der Waals surface area contributed by atoms with Crippen LogP contribution in [0.25, 0.3) is 0 Å². The molecule has 0 radical (unpaired) electrons. The highest BCUT2D eigenvalue weighted by Crippen LogP contribution is 2.24. The van der Waals surface area contributed by atoms with Crippen LogP contribution < -0.4 is 15.8 Å². The van der Waals surface area contributed by atoms with E-state index in [0.717, 1.165) is 30.3 Å². The summed E-state index contributed by atoms with van der Waals surface area (Å²) in [7, 11) is -4.02. The monoisotopic (exact) mass is 509 g/mol. The number of anilines is 3. The summed E-state index contributed by atoms with van der Waals surface area (Å²) in [6.45, 7) is 1.31. The van der Waals surface area contributed by atoms with Crippen molar-refractivity contribution in [2.24, 2.45) is 0 Å². The first-order valence-corrected chi connectivity index (χ1v) is 10.8. The van der Waals surface area contributed by atoms with E-state index in [1.807, 2.05) is 0 Å². The fraction of sp³-hybridized carbons (Fsp3) is 0.0500. The van der Waals surface area contributed by atoms with Crippen LogP contribution in [0.5, 0.6) is 0 Å². The molecule has 184 valence electrons. The van der Waals surface area contributed by atoms with Crippen molar-refractivity contribution >= 4 is 44.4 Å². The van der Waals surface area contributed by atoms with Gasteiger partial charge in [0.2, 0.25) is 17.5 Å². The highest BCUT2D eigenvalue weighted by atomic mass is 32.2. The Bertz CT molecular complexity index is 1380. The molecule has 12 nitrogen and oxygen atoms in total. The molecule has 0 fully saturated rings. The predicted molar refractivity (Wildman–Crippen MR) is 122 cm³/mol. The molecule has 4 N–H and O–H groups in total. The second-order valence-corrected chi connectivity index (χ2v) is 8.38. The number of carbonyl (C=O) groups is 1. The van der Waals surface area contributed by atoms with E-state index in [4.69, 9.17) is 5.73 Å². The Balaban J connectivity index is 0.000000328. The fourth-order valence-electron chi connectivity index (χ4n) is 2.52. The van der Waals surface area contributed by atoms with Gasteiger partial charge in [0.15, 0.2) is 0 Å². The third-order valence-corrected chi connectivity index (χ3v) is 5.44. The van der Waals surface area contributed by atoms with Crippen molar-refractivity contribution in [1.82, 2.24) is 0 Å². The molecule has 0 aromatic heterocycles. The first-order chi connectivity index (χ1) is 16.3. The van der Waals surface area contributed by atoms with E-state index in [2.05, 4.69) is 10.0 Å². The minimum atomic E-state index is -4.02. The average molecular weight is 509 g/mol. The number of nitro benzene ring substituents is 2. The molecule has 0 aliphatic heterocycles. The lowest BCUT2D eigenvalue weighted by Gasteiger charge is -2.09. The first kappa shape index (κ1) is 26.6. The zero-order valence-corrected chi connectivity index (χ0v) is 18.6. The molecule has 0 atom stereocenters. The van der Waals surface area contributed by atoms with Gasteiger partial charge in [0.25, 0.3) is 10.0 Å². The Labute approximate surface area is 196 Å². The van der Waals surface area contributed by atoms with Crippen LogP contribution >= 0.6 is 0 Å². The van der Waals surface area contributed by atoms with Crippen molar-refractivity contribution in [3.63, 3.8) is 0 Å². The van der Waals surface area contributed by atoms with E-state index in [1.165, 1.54) is 37.3 Å². The Morgan fingerprint density at radius 3 is 1.83 bits per heavy atom. The molecule has 3 rings (SSSR count). The maximum Gasteiger partial charge on any atom is 0.306 e. The lowest BCUT2D eigenvalue weighted by Crippen LogP contribution is -2.13. The Morgan fingerprint density at radius 1 is 0.857 bits per heavy atom. The van der Waals surface area contributed by atoms with Gasteiger partial charge in [-0.2, -0.15) is 8.78 Å². The van der Waals surface area contributed by atoms with Gasteiger partial charge in [0, 0.05) is 30.4 Å². The first-order valence-electron chi connectivity index (χ1n) is 9.34. The Hall–Kier alpha value is -4.66. The number of nitro groups is 2. The minimum Gasteiger partial charge on any atom is -0.399 e. The highest BCUT2D eigenvalue weighted by Gasteiger charge is 2.19. The Morgan fingerprint density at radius 2 is 1.34 bits per heavy atom. The van der Waals surface area contributed by atoms with Crippen LogP contribution in [0.2, 0.25) is 0 Å². The average Bonchev–Trinajstić information content (AvgIpc) is 2.76. The number of carbonyl (C=O) groups excluding carboxylic acids is 1. The molecule has 0 spiro atoms. The van der Waals surface area contributed by atoms with Crippen LogP contribution in [-0.4, -0.2) is 24.2 Å². The smallest absolute Gasteiger partial charge is 0.306 e. The highest BCUT2D eigenvalue weighted by molar-refractivity contribution is 7.92. The summed E-state index contributed by atoms with van der Waals surface area (Å²) in [5.74, 6) is -2.24. The molecular weight excluding hydrogens is 492 g/mol. The van der Waals surface area contributed by atoms with E-state index >= 15 is 0 Å². The number of amides is 1. The lowest BCUT2D eigenvalue weighted by atomic mass is 10.3. The van der Waals surface area contributed by atoms with Gasteiger partial charge < -0.3 is 11.1 Å². The van der Waals surface area contributed by atoms with E-state index in [0.29, 0.717) is 5.69 Å². The van der Waals surface area contributed by atoms with E-state index in [1.54, 1.807) is 0 Å². The molecule has 15 heteroatoms. The van der Waals surface area contributed by atoms with Crippen LogP contribution in [0.4, 0.5) is 37.2 Å². The third-order valence-electron chi connectivity index (χ3n) is 4.05. The summed E-state index contributed by atoms with van der Waals surface area (Å²) in [5.41, 5.74) is 4.21. The van der Waals surface area contributed by atoms with Crippen LogP contribution in [0.3, 0.4) is 0 Å². The zero-order valence-electron chi connectivity index (χ0n) is 17.8. The SMILES string of the molecule is CC(=O)Nc1ccc(S(=O)(=O)Nc2ccc(F)c([N+](=O)[O-])c2)cc1.Nc1ccc(F)c([N+](=O)[O-])c1. The number of benzene rings is 3. The molecule has 1 amide bonds. The number of nitrogen functional groups attached to an aromatic ring is 1. The van der Waals surface area contributed by atoms with E-state index in [9.17, 15) is 42.2 Å². The number of hydrogen-bond acceptors (Lipinski definition) is 8. The third kappa shape index (κ3) is 7.43. The Kier molecular flexibility index (Phi) is 8.34. The molecule has 0 unspecified atom stereocenters. The van der Waals surface area contributed by atoms with Gasteiger partial charge in [-0.3, -0.25) is 29.7 Å². The van der Waals surface area contributed by atoms with Crippen molar-refractivity contribution in [3.8, 4) is 0 Å². The summed E-state index contributed by atoms with van der Waals surface area (Å²) in [5, 5.41) is 23.3. The van der Waals surface area contributed by atoms with Crippen molar-refractivity contribution < 1.29 is 31.8 Å². The van der Waals surface area contributed by atoms with Gasteiger partial charge in [-0.25, -0.2) is 8.42 Å². The van der Waals surface area contributed by atoms with E-state index < -0.39 is 42.9 Å². The van der Waals surface area contributed by atoms with E-state index in [-0.39, 0.29) is 22.2 Å². The van der Waals surface area contributed by atoms with Gasteiger partial charge in [-0.1, -0.05) is 0 Å². The number of rotatable bonds is 6. The van der Waals surface area contributed by atoms with Crippen molar-refractivity contribution in [2.75, 3.05) is 15.8 Å². The maximum atomic E-state index is 13.3. The van der Waals surface area contributed by atoms with Gasteiger partial charge in [0.1, 0.15) is 0 Å². The summed E-state index contributed by atoms with van der Waals surface area (Å²) in [6, 6.07) is 11.2. The van der Waals surface area contributed by atoms with Gasteiger partial charge in [0.05, 0.1) is 20.4 Å². The van der Waals surface area contributed by atoms with Crippen molar-refractivity contribution in [3.05, 3.63) is 92.5 Å². The zero-order chi connectivity index (χ0) is 26.3. The minimum absolute atomic E-state index is 0.122. The van der Waals surface area contributed by atoms with Crippen LogP contribution in [-0.2, 0) is 14.8 Å². The van der Waals surface area contributed by atoms with Gasteiger partial charge >= 0.3 is 11.4 Å². The fourth-order valence-corrected chi connectivity index (χ4v) is 3.57. The number of nitrogens with two attached hydrogens (primary N) is 1. The number of sulfonamides is 1. The number of hydrogen-bond donors (Lipinski definition) is 3. The molecule has 0 heterocycles. The predicted octanol–water partition coefficient (Wildman–Crippen LogP) is 3.81. The molecule has 35 heavy (non-hydrogen) atoms. The number of nitrogens with one attached hydrogen (secondary N) is 2. The maximum absolute atomic E-state index is 13.3. The van der Waals surface area contributed by atoms with Crippen LogP contribution in [0.1, 0.15) is 6.92 Å². The molecule has 0 saturated carbocycles. The quantitative estimate of drug-likeness (QED) is 0.254. The van der Waals surface area contributed by atoms with Crippen molar-refractivity contribution in [2.45, 2.75) is 11.8 Å². The summed E-state index contributed by atoms with van der Waals surface area (Å²) < 4.78 is 52.4. The standard InChI is InChI=1S/C14H12FN3O5S.C6H5FN2O2/c1-9(19)16-10-2-5-12(6-3-10)24(22,23)17-11-4-7-13(15)14(8-11)18(20)21;7-5-2-1-4(8)3-6(5)9(10)11/h2-8,17H,1H3,(H,16,19);1-3H,8H2. The molecule has 3 aromatic carbocycles. The molecule has 0 saturated heterocycles. The van der Waals surface area contributed by atoms with Gasteiger partial charge in [-0.15, -0.1) is 0 Å². The summed E-state index contributed by atoms with van der Waals surface area (Å²) >= 11 is 0. The van der Waals surface area contributed by atoms with Gasteiger partial charge in [-0.05, 0) is 48.5 Å². The van der Waals surface area contributed by atoms with Crippen molar-refractivity contribution in [1.29, 1.82) is 0 Å². The van der Waals surface area contributed by atoms with Crippen LogP contribution in [0.15, 0.2) is 65.6 Å². The molecule has 0 aliphatic rings. The molecular formula is C20H17F2N5O7S. The topological polar surface area (TPSA) is 188 Å². The molecule has 0 bridgehead atoms.